The van der Waals surface area contributed by atoms with E-state index in [1.807, 2.05) is 19.9 Å². The van der Waals surface area contributed by atoms with Crippen LogP contribution in [-0.4, -0.2) is 15.0 Å². The molecule has 1 heterocycles. The highest BCUT2D eigenvalue weighted by atomic mass is 35.5. The summed E-state index contributed by atoms with van der Waals surface area (Å²) in [7, 11) is 0. The van der Waals surface area contributed by atoms with Crippen LogP contribution in [0.4, 0.5) is 0 Å². The van der Waals surface area contributed by atoms with E-state index in [1.54, 1.807) is 22.9 Å². The summed E-state index contributed by atoms with van der Waals surface area (Å²) in [4.78, 5) is 0. The first-order chi connectivity index (χ1) is 8.54. The summed E-state index contributed by atoms with van der Waals surface area (Å²) in [6, 6.07) is 6.88. The van der Waals surface area contributed by atoms with Crippen LogP contribution in [0.3, 0.4) is 0 Å². The topological polar surface area (TPSA) is 80.5 Å². The van der Waals surface area contributed by atoms with Gasteiger partial charge < -0.3 is 5.73 Å². The minimum absolute atomic E-state index is 0.184. The molecular formula is C12H12ClN5. The van der Waals surface area contributed by atoms with Crippen molar-refractivity contribution in [3.8, 4) is 11.8 Å². The van der Waals surface area contributed by atoms with Gasteiger partial charge in [0.1, 0.15) is 5.69 Å². The lowest BCUT2D eigenvalue weighted by Gasteiger charge is -2.07. The van der Waals surface area contributed by atoms with Crippen molar-refractivity contribution >= 4 is 11.6 Å². The molecule has 0 bridgehead atoms. The van der Waals surface area contributed by atoms with E-state index in [-0.39, 0.29) is 6.04 Å². The SMILES string of the molecule is Cc1c(C(C)N)nnn1-c1ccc(C#N)cc1Cl. The van der Waals surface area contributed by atoms with Crippen LogP contribution in [0, 0.1) is 18.3 Å². The zero-order valence-corrected chi connectivity index (χ0v) is 10.8. The van der Waals surface area contributed by atoms with Gasteiger partial charge >= 0.3 is 0 Å². The van der Waals surface area contributed by atoms with Crippen LogP contribution in [0.5, 0.6) is 0 Å². The highest BCUT2D eigenvalue weighted by Crippen LogP contribution is 2.24. The molecule has 92 valence electrons. The van der Waals surface area contributed by atoms with Gasteiger partial charge in [0.15, 0.2) is 0 Å². The predicted octanol–water partition coefficient (Wildman–Crippen LogP) is 2.12. The van der Waals surface area contributed by atoms with Gasteiger partial charge in [0.2, 0.25) is 0 Å². The van der Waals surface area contributed by atoms with E-state index in [0.29, 0.717) is 16.3 Å². The lowest BCUT2D eigenvalue weighted by molar-refractivity contribution is 0.756. The molecule has 0 saturated heterocycles. The quantitative estimate of drug-likeness (QED) is 0.898. The maximum atomic E-state index is 8.80. The Hall–Kier alpha value is -1.90. The Morgan fingerprint density at radius 1 is 1.50 bits per heavy atom. The van der Waals surface area contributed by atoms with Crippen molar-refractivity contribution in [2.24, 2.45) is 5.73 Å². The lowest BCUT2D eigenvalue weighted by Crippen LogP contribution is -2.08. The maximum absolute atomic E-state index is 8.80. The summed E-state index contributed by atoms with van der Waals surface area (Å²) in [6.07, 6.45) is 0. The first-order valence-corrected chi connectivity index (χ1v) is 5.80. The summed E-state index contributed by atoms with van der Waals surface area (Å²) in [5.41, 5.74) is 8.57. The number of nitriles is 1. The average molecular weight is 262 g/mol. The van der Waals surface area contributed by atoms with Crippen molar-refractivity contribution < 1.29 is 0 Å². The molecule has 0 aliphatic heterocycles. The second-order valence-corrected chi connectivity index (χ2v) is 4.45. The molecule has 1 aromatic carbocycles. The third-order valence-corrected chi connectivity index (χ3v) is 2.97. The second kappa shape index (κ2) is 4.77. The molecule has 2 N–H and O–H groups in total. The van der Waals surface area contributed by atoms with Crippen LogP contribution in [0.1, 0.15) is 29.9 Å². The Morgan fingerprint density at radius 3 is 2.72 bits per heavy atom. The smallest absolute Gasteiger partial charge is 0.102 e. The number of aromatic nitrogens is 3. The lowest BCUT2D eigenvalue weighted by atomic mass is 10.2. The Balaban J connectivity index is 2.53. The molecule has 0 amide bonds. The van der Waals surface area contributed by atoms with Crippen LogP contribution in [-0.2, 0) is 0 Å². The van der Waals surface area contributed by atoms with Gasteiger partial charge in [-0.3, -0.25) is 0 Å². The second-order valence-electron chi connectivity index (χ2n) is 4.04. The van der Waals surface area contributed by atoms with Gasteiger partial charge in [-0.05, 0) is 32.0 Å². The first kappa shape index (κ1) is 12.6. The molecule has 0 fully saturated rings. The number of nitrogens with zero attached hydrogens (tertiary/aromatic N) is 4. The average Bonchev–Trinajstić information content (AvgIpc) is 2.71. The van der Waals surface area contributed by atoms with Crippen LogP contribution in [0.15, 0.2) is 18.2 Å². The standard InChI is InChI=1S/C12H12ClN5/c1-7(15)12-8(2)18(17-16-12)11-4-3-9(6-14)5-10(11)13/h3-5,7H,15H2,1-2H3. The van der Waals surface area contributed by atoms with E-state index < -0.39 is 0 Å². The Labute approximate surface area is 110 Å². The molecule has 18 heavy (non-hydrogen) atoms. The number of halogens is 1. The minimum Gasteiger partial charge on any atom is -0.323 e. The summed E-state index contributed by atoms with van der Waals surface area (Å²) in [6.45, 7) is 3.73. The van der Waals surface area contributed by atoms with Crippen molar-refractivity contribution in [2.75, 3.05) is 0 Å². The fourth-order valence-electron chi connectivity index (χ4n) is 1.74. The Kier molecular flexibility index (Phi) is 3.32. The van der Waals surface area contributed by atoms with Gasteiger partial charge in [-0.15, -0.1) is 5.10 Å². The van der Waals surface area contributed by atoms with Crippen LogP contribution in [0.2, 0.25) is 5.02 Å². The summed E-state index contributed by atoms with van der Waals surface area (Å²) in [5, 5.41) is 17.3. The highest BCUT2D eigenvalue weighted by Gasteiger charge is 2.15. The van der Waals surface area contributed by atoms with E-state index in [1.165, 1.54) is 0 Å². The van der Waals surface area contributed by atoms with Gasteiger partial charge in [0, 0.05) is 6.04 Å². The van der Waals surface area contributed by atoms with E-state index in [2.05, 4.69) is 10.3 Å². The highest BCUT2D eigenvalue weighted by molar-refractivity contribution is 6.32. The molecule has 6 heteroatoms. The van der Waals surface area contributed by atoms with Crippen LogP contribution in [0.25, 0.3) is 5.69 Å². The van der Waals surface area contributed by atoms with E-state index >= 15 is 0 Å². The number of rotatable bonds is 2. The summed E-state index contributed by atoms with van der Waals surface area (Å²) < 4.78 is 1.63. The number of hydrogen-bond acceptors (Lipinski definition) is 4. The van der Waals surface area contributed by atoms with Gasteiger partial charge in [-0.1, -0.05) is 16.8 Å². The Bertz CT molecular complexity index is 624. The van der Waals surface area contributed by atoms with Gasteiger partial charge in [-0.25, -0.2) is 4.68 Å². The number of hydrogen-bond donors (Lipinski definition) is 1. The Morgan fingerprint density at radius 2 is 2.22 bits per heavy atom. The van der Waals surface area contributed by atoms with E-state index in [9.17, 15) is 0 Å². The van der Waals surface area contributed by atoms with Crippen molar-refractivity contribution in [3.63, 3.8) is 0 Å². The fourth-order valence-corrected chi connectivity index (χ4v) is 2.00. The molecule has 0 radical (unpaired) electrons. The van der Waals surface area contributed by atoms with Gasteiger partial charge in [0.05, 0.1) is 28.0 Å². The minimum atomic E-state index is -0.184. The van der Waals surface area contributed by atoms with E-state index in [4.69, 9.17) is 22.6 Å². The molecule has 1 aromatic heterocycles. The third kappa shape index (κ3) is 2.08. The third-order valence-electron chi connectivity index (χ3n) is 2.67. The molecule has 0 aliphatic rings. The van der Waals surface area contributed by atoms with Crippen molar-refractivity contribution in [3.05, 3.63) is 40.2 Å². The monoisotopic (exact) mass is 261 g/mol. The molecular weight excluding hydrogens is 250 g/mol. The van der Waals surface area contributed by atoms with Crippen LogP contribution >= 0.6 is 11.6 Å². The molecule has 2 aromatic rings. The zero-order valence-electron chi connectivity index (χ0n) is 10.1. The number of nitrogens with two attached hydrogens (primary N) is 1. The molecule has 5 nitrogen and oxygen atoms in total. The normalized spacial score (nSPS) is 12.2. The van der Waals surface area contributed by atoms with Crippen LogP contribution < -0.4 is 5.73 Å². The van der Waals surface area contributed by atoms with E-state index in [0.717, 1.165) is 11.4 Å². The number of benzene rings is 1. The van der Waals surface area contributed by atoms with Crippen molar-refractivity contribution in [1.29, 1.82) is 5.26 Å². The molecule has 1 atom stereocenters. The first-order valence-electron chi connectivity index (χ1n) is 5.42. The molecule has 0 spiro atoms. The largest absolute Gasteiger partial charge is 0.323 e. The molecule has 0 saturated carbocycles. The van der Waals surface area contributed by atoms with Crippen molar-refractivity contribution in [2.45, 2.75) is 19.9 Å². The summed E-state index contributed by atoms with van der Waals surface area (Å²) in [5.74, 6) is 0. The molecule has 0 aliphatic carbocycles. The van der Waals surface area contributed by atoms with Crippen molar-refractivity contribution in [1.82, 2.24) is 15.0 Å². The fraction of sp³-hybridized carbons (Fsp3) is 0.250. The van der Waals surface area contributed by atoms with Gasteiger partial charge in [0.25, 0.3) is 0 Å². The predicted molar refractivity (Wildman–Crippen MR) is 68.4 cm³/mol. The molecule has 1 unspecified atom stereocenters. The molecule has 2 rings (SSSR count). The zero-order chi connectivity index (χ0) is 13.3. The summed E-state index contributed by atoms with van der Waals surface area (Å²) >= 11 is 6.13. The van der Waals surface area contributed by atoms with Gasteiger partial charge in [-0.2, -0.15) is 5.26 Å². The maximum Gasteiger partial charge on any atom is 0.102 e.